The highest BCUT2D eigenvalue weighted by atomic mass is 19.1. The predicted molar refractivity (Wildman–Crippen MR) is 103 cm³/mol. The lowest BCUT2D eigenvalue weighted by atomic mass is 10.2. The molecule has 0 aliphatic heterocycles. The molecular weight excluding hydrogens is 361 g/mol. The highest BCUT2D eigenvalue weighted by Crippen LogP contribution is 2.11. The van der Waals surface area contributed by atoms with Crippen LogP contribution in [0.15, 0.2) is 71.5 Å². The monoisotopic (exact) mass is 381 g/mol. The molecule has 6 nitrogen and oxygen atoms in total. The molecule has 1 aromatic heterocycles. The van der Waals surface area contributed by atoms with E-state index in [0.29, 0.717) is 11.3 Å². The maximum atomic E-state index is 13.8. The fraction of sp³-hybridized carbons (Fsp3) is 0.190. The summed E-state index contributed by atoms with van der Waals surface area (Å²) in [5, 5.41) is 4.13. The summed E-state index contributed by atoms with van der Waals surface area (Å²) < 4.78 is 20.6. The van der Waals surface area contributed by atoms with Gasteiger partial charge in [0.05, 0.1) is 6.54 Å². The first-order valence-electron chi connectivity index (χ1n) is 8.79. The van der Waals surface area contributed by atoms with E-state index in [9.17, 15) is 14.0 Å². The van der Waals surface area contributed by atoms with Gasteiger partial charge in [0.15, 0.2) is 0 Å². The third-order valence-corrected chi connectivity index (χ3v) is 4.11. The summed E-state index contributed by atoms with van der Waals surface area (Å²) in [4.78, 5) is 26.0. The van der Waals surface area contributed by atoms with E-state index in [0.717, 1.165) is 0 Å². The number of aromatic nitrogens is 2. The molecule has 144 valence electrons. The number of ether oxygens (including phenoxy) is 1. The number of amides is 1. The van der Waals surface area contributed by atoms with Crippen LogP contribution in [0.5, 0.6) is 5.75 Å². The number of para-hydroxylation sites is 1. The van der Waals surface area contributed by atoms with E-state index in [-0.39, 0.29) is 36.8 Å². The maximum Gasteiger partial charge on any atom is 0.274 e. The molecule has 3 rings (SSSR count). The van der Waals surface area contributed by atoms with Crippen LogP contribution in [0.2, 0.25) is 0 Å². The van der Waals surface area contributed by atoms with Crippen LogP contribution < -0.4 is 10.3 Å². The normalized spacial score (nSPS) is 10.5. The van der Waals surface area contributed by atoms with E-state index in [1.165, 1.54) is 27.8 Å². The number of carbonyl (C=O) groups is 1. The average Bonchev–Trinajstić information content (AvgIpc) is 2.71. The van der Waals surface area contributed by atoms with Crippen molar-refractivity contribution in [3.05, 3.63) is 94.2 Å². The van der Waals surface area contributed by atoms with Crippen molar-refractivity contribution in [2.45, 2.75) is 13.1 Å². The lowest BCUT2D eigenvalue weighted by Gasteiger charge is -2.17. The first kappa shape index (κ1) is 19.3. The van der Waals surface area contributed by atoms with Gasteiger partial charge in [-0.1, -0.05) is 36.4 Å². The minimum Gasteiger partial charge on any atom is -0.492 e. The van der Waals surface area contributed by atoms with Gasteiger partial charge in [0.1, 0.15) is 23.9 Å². The summed E-state index contributed by atoms with van der Waals surface area (Å²) in [6.45, 7) is 0.537. The van der Waals surface area contributed by atoms with Gasteiger partial charge in [-0.25, -0.2) is 9.07 Å². The third-order valence-electron chi connectivity index (χ3n) is 4.11. The molecule has 0 aliphatic rings. The van der Waals surface area contributed by atoms with Gasteiger partial charge in [-0.05, 0) is 24.3 Å². The molecule has 0 saturated heterocycles. The zero-order chi connectivity index (χ0) is 19.9. The summed E-state index contributed by atoms with van der Waals surface area (Å²) in [7, 11) is 1.56. The summed E-state index contributed by atoms with van der Waals surface area (Å²) in [5.41, 5.74) is 0.186. The van der Waals surface area contributed by atoms with Crippen LogP contribution in [0.1, 0.15) is 16.1 Å². The first-order valence-corrected chi connectivity index (χ1v) is 8.79. The Bertz CT molecular complexity index is 1010. The van der Waals surface area contributed by atoms with Crippen molar-refractivity contribution < 1.29 is 13.9 Å². The quantitative estimate of drug-likeness (QED) is 0.631. The van der Waals surface area contributed by atoms with Crippen molar-refractivity contribution in [3.8, 4) is 5.75 Å². The summed E-state index contributed by atoms with van der Waals surface area (Å²) >= 11 is 0. The van der Waals surface area contributed by atoms with Crippen molar-refractivity contribution in [1.29, 1.82) is 0 Å². The third kappa shape index (κ3) is 4.82. The molecule has 0 aliphatic carbocycles. The molecule has 0 saturated carbocycles. The van der Waals surface area contributed by atoms with E-state index in [1.807, 2.05) is 30.3 Å². The second-order valence-electron chi connectivity index (χ2n) is 6.19. The van der Waals surface area contributed by atoms with Gasteiger partial charge >= 0.3 is 0 Å². The van der Waals surface area contributed by atoms with Crippen LogP contribution in [0.3, 0.4) is 0 Å². The van der Waals surface area contributed by atoms with E-state index in [1.54, 1.807) is 25.2 Å². The molecule has 0 fully saturated rings. The van der Waals surface area contributed by atoms with Crippen molar-refractivity contribution in [1.82, 2.24) is 14.7 Å². The van der Waals surface area contributed by atoms with Crippen LogP contribution in [0.25, 0.3) is 0 Å². The SMILES string of the molecule is CN(Cc1ccccc1F)C(=O)c1ccc(=O)n(CCOc2ccccc2)n1. The fourth-order valence-corrected chi connectivity index (χ4v) is 2.64. The number of benzene rings is 2. The molecule has 2 aromatic carbocycles. The number of hydrogen-bond acceptors (Lipinski definition) is 4. The van der Waals surface area contributed by atoms with E-state index in [2.05, 4.69) is 5.10 Å². The Morgan fingerprint density at radius 1 is 1.07 bits per heavy atom. The van der Waals surface area contributed by atoms with E-state index < -0.39 is 5.91 Å². The molecule has 28 heavy (non-hydrogen) atoms. The maximum absolute atomic E-state index is 13.8. The van der Waals surface area contributed by atoms with Crippen LogP contribution >= 0.6 is 0 Å². The van der Waals surface area contributed by atoms with Crippen molar-refractivity contribution >= 4 is 5.91 Å². The molecule has 0 atom stereocenters. The zero-order valence-corrected chi connectivity index (χ0v) is 15.4. The molecular formula is C21H20FN3O3. The van der Waals surface area contributed by atoms with Gasteiger partial charge in [-0.3, -0.25) is 9.59 Å². The zero-order valence-electron chi connectivity index (χ0n) is 15.4. The Morgan fingerprint density at radius 2 is 1.79 bits per heavy atom. The molecule has 3 aromatic rings. The Kier molecular flexibility index (Phi) is 6.16. The van der Waals surface area contributed by atoms with Crippen molar-refractivity contribution in [2.24, 2.45) is 0 Å². The number of halogens is 1. The van der Waals surface area contributed by atoms with Gasteiger partial charge < -0.3 is 9.64 Å². The fourth-order valence-electron chi connectivity index (χ4n) is 2.64. The van der Waals surface area contributed by atoms with Crippen LogP contribution in [-0.2, 0) is 13.1 Å². The number of hydrogen-bond donors (Lipinski definition) is 0. The summed E-state index contributed by atoms with van der Waals surface area (Å²) in [5.74, 6) is -0.0912. The predicted octanol–water partition coefficient (Wildman–Crippen LogP) is 2.73. The highest BCUT2D eigenvalue weighted by molar-refractivity contribution is 5.91. The molecule has 0 radical (unpaired) electrons. The Labute approximate surface area is 161 Å². The smallest absolute Gasteiger partial charge is 0.274 e. The molecule has 1 amide bonds. The molecule has 7 heteroatoms. The van der Waals surface area contributed by atoms with Gasteiger partial charge in [0.2, 0.25) is 0 Å². The Hall–Kier alpha value is -3.48. The average molecular weight is 381 g/mol. The Balaban J connectivity index is 1.66. The minimum atomic E-state index is -0.402. The van der Waals surface area contributed by atoms with Gasteiger partial charge in [0.25, 0.3) is 11.5 Å². The summed E-state index contributed by atoms with van der Waals surface area (Å²) in [6.07, 6.45) is 0. The second kappa shape index (κ2) is 8.94. The number of nitrogens with zero attached hydrogens (tertiary/aromatic N) is 3. The summed E-state index contributed by atoms with van der Waals surface area (Å²) in [6, 6.07) is 18.1. The minimum absolute atomic E-state index is 0.101. The second-order valence-corrected chi connectivity index (χ2v) is 6.19. The standard InChI is InChI=1S/C21H20FN3O3/c1-24(15-16-7-5-6-10-18(16)22)21(27)19-11-12-20(26)25(23-19)13-14-28-17-8-3-2-4-9-17/h2-12H,13-15H2,1H3. The lowest BCUT2D eigenvalue weighted by molar-refractivity contribution is 0.0774. The molecule has 0 unspecified atom stereocenters. The Morgan fingerprint density at radius 3 is 2.54 bits per heavy atom. The molecule has 0 spiro atoms. The van der Waals surface area contributed by atoms with E-state index in [4.69, 9.17) is 4.74 Å². The topological polar surface area (TPSA) is 64.4 Å². The number of carbonyl (C=O) groups excluding carboxylic acids is 1. The molecule has 0 N–H and O–H groups in total. The van der Waals surface area contributed by atoms with Crippen molar-refractivity contribution in [2.75, 3.05) is 13.7 Å². The van der Waals surface area contributed by atoms with Crippen LogP contribution in [-0.4, -0.2) is 34.2 Å². The lowest BCUT2D eigenvalue weighted by Crippen LogP contribution is -2.32. The van der Waals surface area contributed by atoms with Crippen LogP contribution in [0, 0.1) is 5.82 Å². The van der Waals surface area contributed by atoms with Crippen LogP contribution in [0.4, 0.5) is 4.39 Å². The largest absolute Gasteiger partial charge is 0.492 e. The van der Waals surface area contributed by atoms with Gasteiger partial charge in [0, 0.05) is 25.2 Å². The van der Waals surface area contributed by atoms with Gasteiger partial charge in [-0.15, -0.1) is 0 Å². The van der Waals surface area contributed by atoms with Crippen molar-refractivity contribution in [3.63, 3.8) is 0 Å². The number of rotatable bonds is 7. The molecule has 1 heterocycles. The van der Waals surface area contributed by atoms with E-state index >= 15 is 0 Å². The molecule has 0 bridgehead atoms. The highest BCUT2D eigenvalue weighted by Gasteiger charge is 2.16. The van der Waals surface area contributed by atoms with Gasteiger partial charge in [-0.2, -0.15) is 5.10 Å². The first-order chi connectivity index (χ1) is 13.5.